The van der Waals surface area contributed by atoms with Gasteiger partial charge >= 0.3 is 5.97 Å². The van der Waals surface area contributed by atoms with Gasteiger partial charge in [-0.3, -0.25) is 10.1 Å². The van der Waals surface area contributed by atoms with Gasteiger partial charge in [-0.2, -0.15) is 0 Å². The molecule has 0 saturated heterocycles. The van der Waals surface area contributed by atoms with Crippen molar-refractivity contribution in [3.8, 4) is 5.75 Å². The van der Waals surface area contributed by atoms with Gasteiger partial charge in [-0.25, -0.2) is 0 Å². The fourth-order valence-corrected chi connectivity index (χ4v) is 2.60. The second kappa shape index (κ2) is 6.48. The minimum Gasteiger partial charge on any atom is -0.491 e. The van der Waals surface area contributed by atoms with E-state index in [1.807, 2.05) is 39.0 Å². The molecule has 21 heavy (non-hydrogen) atoms. The lowest BCUT2D eigenvalue weighted by molar-refractivity contribution is -0.147. The molecule has 0 bridgehead atoms. The number of ether oxygens (including phenoxy) is 1. The zero-order chi connectivity index (χ0) is 15.5. The molecule has 0 amide bonds. The normalized spacial score (nSPS) is 17.3. The van der Waals surface area contributed by atoms with Crippen molar-refractivity contribution in [3.63, 3.8) is 0 Å². The zero-order valence-corrected chi connectivity index (χ0v) is 13.1. The van der Waals surface area contributed by atoms with Gasteiger partial charge in [0.25, 0.3) is 0 Å². The van der Waals surface area contributed by atoms with E-state index in [9.17, 15) is 9.90 Å². The Morgan fingerprint density at radius 1 is 1.43 bits per heavy atom. The molecule has 1 aliphatic rings. The summed E-state index contributed by atoms with van der Waals surface area (Å²) in [7, 11) is 0. The van der Waals surface area contributed by atoms with Gasteiger partial charge in [-0.1, -0.05) is 19.1 Å². The van der Waals surface area contributed by atoms with Crippen LogP contribution in [0.25, 0.3) is 0 Å². The van der Waals surface area contributed by atoms with E-state index in [-0.39, 0.29) is 12.5 Å². The molecule has 1 unspecified atom stereocenters. The largest absolute Gasteiger partial charge is 0.491 e. The standard InChI is InChI=1S/C17H25NO3/c1-4-9-18-17(16(19)20,14-7-8-14)11-21-15-10-12(2)5-6-13(15)3/h5-6,10,14,18H,4,7-9,11H2,1-3H3,(H,19,20). The Bertz CT molecular complexity index is 511. The molecular formula is C17H25NO3. The minimum absolute atomic E-state index is 0.173. The number of benzene rings is 1. The van der Waals surface area contributed by atoms with E-state index in [2.05, 4.69) is 5.32 Å². The van der Waals surface area contributed by atoms with Crippen LogP contribution in [0, 0.1) is 19.8 Å². The highest BCUT2D eigenvalue weighted by Crippen LogP contribution is 2.40. The second-order valence-electron chi connectivity index (χ2n) is 6.04. The average molecular weight is 291 g/mol. The summed E-state index contributed by atoms with van der Waals surface area (Å²) in [6.07, 6.45) is 2.82. The van der Waals surface area contributed by atoms with Crippen LogP contribution in [0.1, 0.15) is 37.3 Å². The molecule has 0 aromatic heterocycles. The number of carbonyl (C=O) groups is 1. The van der Waals surface area contributed by atoms with Crippen molar-refractivity contribution in [1.82, 2.24) is 5.32 Å². The summed E-state index contributed by atoms with van der Waals surface area (Å²) in [5.74, 6) is 0.148. The summed E-state index contributed by atoms with van der Waals surface area (Å²) < 4.78 is 5.90. The van der Waals surface area contributed by atoms with E-state index >= 15 is 0 Å². The molecule has 1 atom stereocenters. The first-order valence-electron chi connectivity index (χ1n) is 7.68. The van der Waals surface area contributed by atoms with Crippen LogP contribution < -0.4 is 10.1 Å². The lowest BCUT2D eigenvalue weighted by Gasteiger charge is -2.31. The molecule has 4 heteroatoms. The maximum absolute atomic E-state index is 11.8. The van der Waals surface area contributed by atoms with Crippen molar-refractivity contribution in [2.75, 3.05) is 13.2 Å². The van der Waals surface area contributed by atoms with Crippen LogP contribution >= 0.6 is 0 Å². The zero-order valence-electron chi connectivity index (χ0n) is 13.1. The quantitative estimate of drug-likeness (QED) is 0.773. The number of aryl methyl sites for hydroxylation is 2. The molecule has 1 aromatic rings. The molecule has 1 fully saturated rings. The van der Waals surface area contributed by atoms with Gasteiger partial charge in [0.2, 0.25) is 0 Å². The first kappa shape index (κ1) is 15.8. The number of rotatable bonds is 8. The van der Waals surface area contributed by atoms with Crippen LogP contribution in [0.4, 0.5) is 0 Å². The summed E-state index contributed by atoms with van der Waals surface area (Å²) in [6.45, 7) is 6.90. The van der Waals surface area contributed by atoms with E-state index in [0.29, 0.717) is 6.54 Å². The average Bonchev–Trinajstić information content (AvgIpc) is 3.27. The van der Waals surface area contributed by atoms with E-state index < -0.39 is 11.5 Å². The third-order valence-electron chi connectivity index (χ3n) is 4.15. The third-order valence-corrected chi connectivity index (χ3v) is 4.15. The van der Waals surface area contributed by atoms with Gasteiger partial charge in [0.05, 0.1) is 0 Å². The Morgan fingerprint density at radius 3 is 2.71 bits per heavy atom. The van der Waals surface area contributed by atoms with Crippen LogP contribution in [0.5, 0.6) is 5.75 Å². The van der Waals surface area contributed by atoms with Crippen molar-refractivity contribution in [3.05, 3.63) is 29.3 Å². The van der Waals surface area contributed by atoms with Crippen LogP contribution in [0.3, 0.4) is 0 Å². The Labute approximate surface area is 126 Å². The lowest BCUT2D eigenvalue weighted by Crippen LogP contribution is -2.58. The summed E-state index contributed by atoms with van der Waals surface area (Å²) in [5.41, 5.74) is 1.20. The Kier molecular flexibility index (Phi) is 4.88. The molecule has 0 spiro atoms. The van der Waals surface area contributed by atoms with Crippen molar-refractivity contribution in [2.24, 2.45) is 5.92 Å². The SMILES string of the molecule is CCCNC(COc1cc(C)ccc1C)(C(=O)O)C1CC1. The number of carboxylic acid groups (broad SMARTS) is 1. The van der Waals surface area contributed by atoms with Gasteiger partial charge in [-0.15, -0.1) is 0 Å². The molecule has 4 nitrogen and oxygen atoms in total. The predicted octanol–water partition coefficient (Wildman–Crippen LogP) is 2.92. The topological polar surface area (TPSA) is 58.6 Å². The molecule has 0 heterocycles. The first-order valence-corrected chi connectivity index (χ1v) is 7.68. The van der Waals surface area contributed by atoms with Crippen LogP contribution in [0.15, 0.2) is 18.2 Å². The molecule has 1 aromatic carbocycles. The number of nitrogens with one attached hydrogen (secondary N) is 1. The van der Waals surface area contributed by atoms with E-state index in [0.717, 1.165) is 36.1 Å². The highest BCUT2D eigenvalue weighted by Gasteiger charge is 2.51. The minimum atomic E-state index is -0.952. The lowest BCUT2D eigenvalue weighted by atomic mass is 9.94. The van der Waals surface area contributed by atoms with E-state index in [4.69, 9.17) is 4.74 Å². The molecule has 0 aliphatic heterocycles. The number of aliphatic carboxylic acids is 1. The number of carboxylic acids is 1. The summed E-state index contributed by atoms with van der Waals surface area (Å²) in [4.78, 5) is 11.8. The summed E-state index contributed by atoms with van der Waals surface area (Å²) in [5, 5.41) is 12.9. The highest BCUT2D eigenvalue weighted by molar-refractivity contribution is 5.80. The van der Waals surface area contributed by atoms with Crippen molar-refractivity contribution >= 4 is 5.97 Å². The van der Waals surface area contributed by atoms with E-state index in [1.54, 1.807) is 0 Å². The smallest absolute Gasteiger partial charge is 0.327 e. The highest BCUT2D eigenvalue weighted by atomic mass is 16.5. The van der Waals surface area contributed by atoms with Gasteiger partial charge in [0, 0.05) is 0 Å². The molecule has 116 valence electrons. The van der Waals surface area contributed by atoms with Gasteiger partial charge in [0.1, 0.15) is 12.4 Å². The third kappa shape index (κ3) is 3.56. The van der Waals surface area contributed by atoms with Crippen molar-refractivity contribution < 1.29 is 14.6 Å². The maximum Gasteiger partial charge on any atom is 0.327 e. The monoisotopic (exact) mass is 291 g/mol. The van der Waals surface area contributed by atoms with Crippen molar-refractivity contribution in [2.45, 2.75) is 45.6 Å². The van der Waals surface area contributed by atoms with Crippen LogP contribution in [-0.4, -0.2) is 29.8 Å². The van der Waals surface area contributed by atoms with Gasteiger partial charge < -0.3 is 9.84 Å². The molecule has 2 rings (SSSR count). The number of hydrogen-bond acceptors (Lipinski definition) is 3. The molecular weight excluding hydrogens is 266 g/mol. The van der Waals surface area contributed by atoms with Crippen LogP contribution in [0.2, 0.25) is 0 Å². The van der Waals surface area contributed by atoms with Crippen LogP contribution in [-0.2, 0) is 4.79 Å². The summed E-state index contributed by atoms with van der Waals surface area (Å²) in [6, 6.07) is 6.00. The van der Waals surface area contributed by atoms with Gasteiger partial charge in [0.15, 0.2) is 5.54 Å². The Balaban J connectivity index is 2.15. The predicted molar refractivity (Wildman–Crippen MR) is 82.8 cm³/mol. The summed E-state index contributed by atoms with van der Waals surface area (Å²) >= 11 is 0. The Hall–Kier alpha value is -1.55. The van der Waals surface area contributed by atoms with Gasteiger partial charge in [-0.05, 0) is 62.8 Å². The molecule has 1 aliphatic carbocycles. The maximum atomic E-state index is 11.8. The molecule has 2 N–H and O–H groups in total. The van der Waals surface area contributed by atoms with Crippen molar-refractivity contribution in [1.29, 1.82) is 0 Å². The number of hydrogen-bond donors (Lipinski definition) is 2. The Morgan fingerprint density at radius 2 is 2.14 bits per heavy atom. The first-order chi connectivity index (χ1) is 9.99. The fraction of sp³-hybridized carbons (Fsp3) is 0.588. The van der Waals surface area contributed by atoms with E-state index in [1.165, 1.54) is 0 Å². The fourth-order valence-electron chi connectivity index (χ4n) is 2.60. The second-order valence-corrected chi connectivity index (χ2v) is 6.04. The molecule has 0 radical (unpaired) electrons. The molecule has 1 saturated carbocycles.